The van der Waals surface area contributed by atoms with Crippen molar-refractivity contribution in [2.75, 3.05) is 26.2 Å². The second-order valence-electron chi connectivity index (χ2n) is 6.47. The number of rotatable bonds is 3. The predicted molar refractivity (Wildman–Crippen MR) is 92.6 cm³/mol. The second-order valence-corrected chi connectivity index (χ2v) is 6.47. The van der Waals surface area contributed by atoms with Crippen LogP contribution in [0.4, 0.5) is 4.79 Å². The zero-order valence-corrected chi connectivity index (χ0v) is 14.2. The zero-order chi connectivity index (χ0) is 17.6. The van der Waals surface area contributed by atoms with Crippen molar-refractivity contribution < 1.29 is 14.4 Å². The van der Waals surface area contributed by atoms with Gasteiger partial charge in [-0.1, -0.05) is 30.3 Å². The topological polar surface area (TPSA) is 81.8 Å². The summed E-state index contributed by atoms with van der Waals surface area (Å²) in [5, 5.41) is 5.65. The Kier molecular flexibility index (Phi) is 5.53. The van der Waals surface area contributed by atoms with Gasteiger partial charge in [0, 0.05) is 39.1 Å². The quantitative estimate of drug-likeness (QED) is 0.847. The average molecular weight is 344 g/mol. The molecule has 2 saturated heterocycles. The monoisotopic (exact) mass is 344 g/mol. The first-order valence-corrected chi connectivity index (χ1v) is 8.78. The van der Waals surface area contributed by atoms with E-state index < -0.39 is 6.04 Å². The maximum absolute atomic E-state index is 12.5. The third-order valence-corrected chi connectivity index (χ3v) is 4.67. The van der Waals surface area contributed by atoms with Crippen molar-refractivity contribution in [1.29, 1.82) is 0 Å². The molecule has 1 aromatic rings. The van der Waals surface area contributed by atoms with Gasteiger partial charge < -0.3 is 20.4 Å². The van der Waals surface area contributed by atoms with Gasteiger partial charge >= 0.3 is 6.03 Å². The molecule has 0 radical (unpaired) electrons. The molecule has 134 valence electrons. The molecule has 0 bridgehead atoms. The van der Waals surface area contributed by atoms with E-state index in [9.17, 15) is 14.4 Å². The standard InChI is InChI=1S/C18H24N4O3/c23-16-8-7-15(20-16)17(24)21-9-4-10-22(12-11-21)18(25)19-13-14-5-2-1-3-6-14/h1-3,5-6,15H,4,7-13H2,(H,19,25)(H,20,23). The smallest absolute Gasteiger partial charge is 0.317 e. The molecule has 1 aromatic carbocycles. The largest absolute Gasteiger partial charge is 0.344 e. The van der Waals surface area contributed by atoms with Crippen molar-refractivity contribution in [3.8, 4) is 0 Å². The van der Waals surface area contributed by atoms with Crippen molar-refractivity contribution in [1.82, 2.24) is 20.4 Å². The Bertz CT molecular complexity index is 634. The Morgan fingerprint density at radius 3 is 2.52 bits per heavy atom. The number of urea groups is 1. The van der Waals surface area contributed by atoms with Gasteiger partial charge in [0.25, 0.3) is 0 Å². The van der Waals surface area contributed by atoms with Crippen LogP contribution in [0.3, 0.4) is 0 Å². The molecule has 3 rings (SSSR count). The van der Waals surface area contributed by atoms with Crippen LogP contribution in [0.1, 0.15) is 24.8 Å². The van der Waals surface area contributed by atoms with Gasteiger partial charge in [0.05, 0.1) is 0 Å². The molecule has 7 nitrogen and oxygen atoms in total. The molecule has 2 heterocycles. The van der Waals surface area contributed by atoms with Crippen LogP contribution >= 0.6 is 0 Å². The molecule has 0 saturated carbocycles. The molecule has 1 atom stereocenters. The Hall–Kier alpha value is -2.57. The molecule has 0 aliphatic carbocycles. The highest BCUT2D eigenvalue weighted by Crippen LogP contribution is 2.12. The van der Waals surface area contributed by atoms with Crippen LogP contribution in [0.15, 0.2) is 30.3 Å². The van der Waals surface area contributed by atoms with E-state index in [1.54, 1.807) is 9.80 Å². The van der Waals surface area contributed by atoms with Crippen molar-refractivity contribution >= 4 is 17.8 Å². The fourth-order valence-corrected chi connectivity index (χ4v) is 3.25. The molecular weight excluding hydrogens is 320 g/mol. The number of hydrogen-bond donors (Lipinski definition) is 2. The van der Waals surface area contributed by atoms with Crippen molar-refractivity contribution in [3.05, 3.63) is 35.9 Å². The molecule has 0 aromatic heterocycles. The van der Waals surface area contributed by atoms with Crippen LogP contribution in [0.25, 0.3) is 0 Å². The van der Waals surface area contributed by atoms with Gasteiger partial charge in [-0.25, -0.2) is 4.79 Å². The summed E-state index contributed by atoms with van der Waals surface area (Å²) in [5.74, 6) is -0.0903. The van der Waals surface area contributed by atoms with Crippen LogP contribution < -0.4 is 10.6 Å². The summed E-state index contributed by atoms with van der Waals surface area (Å²) >= 11 is 0. The minimum absolute atomic E-state index is 0.0302. The lowest BCUT2D eigenvalue weighted by molar-refractivity contribution is -0.134. The molecule has 2 fully saturated rings. The van der Waals surface area contributed by atoms with Gasteiger partial charge in [-0.15, -0.1) is 0 Å². The first kappa shape index (κ1) is 17.3. The van der Waals surface area contributed by atoms with Gasteiger partial charge in [-0.2, -0.15) is 0 Å². The van der Waals surface area contributed by atoms with Gasteiger partial charge in [0.1, 0.15) is 6.04 Å². The summed E-state index contributed by atoms with van der Waals surface area (Å²) in [6.45, 7) is 2.75. The number of nitrogens with one attached hydrogen (secondary N) is 2. The van der Waals surface area contributed by atoms with Gasteiger partial charge in [0.2, 0.25) is 11.8 Å². The molecule has 25 heavy (non-hydrogen) atoms. The molecule has 2 aliphatic heterocycles. The first-order chi connectivity index (χ1) is 12.1. The van der Waals surface area contributed by atoms with Crippen LogP contribution in [-0.4, -0.2) is 59.9 Å². The van der Waals surface area contributed by atoms with Crippen molar-refractivity contribution in [2.24, 2.45) is 0 Å². The maximum atomic E-state index is 12.5. The van der Waals surface area contributed by atoms with Crippen LogP contribution in [0.5, 0.6) is 0 Å². The van der Waals surface area contributed by atoms with E-state index >= 15 is 0 Å². The highest BCUT2D eigenvalue weighted by molar-refractivity contribution is 5.90. The fourth-order valence-electron chi connectivity index (χ4n) is 3.25. The summed E-state index contributed by atoms with van der Waals surface area (Å²) in [6, 6.07) is 9.27. The fraction of sp³-hybridized carbons (Fsp3) is 0.500. The number of amides is 4. The SMILES string of the molecule is O=C1CCC(C(=O)N2CCCN(C(=O)NCc3ccccc3)CC2)N1. The number of nitrogens with zero attached hydrogens (tertiary/aromatic N) is 2. The number of carbonyl (C=O) groups is 3. The Morgan fingerprint density at radius 2 is 1.80 bits per heavy atom. The second kappa shape index (κ2) is 8.00. The lowest BCUT2D eigenvalue weighted by Gasteiger charge is -2.24. The molecule has 2 aliphatic rings. The maximum Gasteiger partial charge on any atom is 0.317 e. The van der Waals surface area contributed by atoms with Crippen molar-refractivity contribution in [3.63, 3.8) is 0 Å². The molecule has 7 heteroatoms. The predicted octanol–water partition coefficient (Wildman–Crippen LogP) is 0.709. The number of carbonyl (C=O) groups excluding carboxylic acids is 3. The Labute approximate surface area is 147 Å². The van der Waals surface area contributed by atoms with E-state index in [1.165, 1.54) is 0 Å². The Balaban J connectivity index is 1.48. The lowest BCUT2D eigenvalue weighted by atomic mass is 10.2. The van der Waals surface area contributed by atoms with Crippen LogP contribution in [0.2, 0.25) is 0 Å². The van der Waals surface area contributed by atoms with Crippen LogP contribution in [0, 0.1) is 0 Å². The summed E-state index contributed by atoms with van der Waals surface area (Å²) in [6.07, 6.45) is 1.72. The number of benzene rings is 1. The van der Waals surface area contributed by atoms with E-state index in [-0.39, 0.29) is 17.8 Å². The average Bonchev–Trinajstić information content (AvgIpc) is 2.92. The van der Waals surface area contributed by atoms with E-state index in [2.05, 4.69) is 10.6 Å². The molecule has 2 N–H and O–H groups in total. The molecular formula is C18H24N4O3. The van der Waals surface area contributed by atoms with E-state index in [0.717, 1.165) is 12.0 Å². The third-order valence-electron chi connectivity index (χ3n) is 4.67. The Morgan fingerprint density at radius 1 is 1.08 bits per heavy atom. The normalized spacial score (nSPS) is 20.8. The highest BCUT2D eigenvalue weighted by atomic mass is 16.2. The summed E-state index contributed by atoms with van der Waals surface area (Å²) in [5.41, 5.74) is 1.06. The van der Waals surface area contributed by atoms with Crippen molar-refractivity contribution in [2.45, 2.75) is 31.8 Å². The molecule has 0 spiro atoms. The molecule has 1 unspecified atom stereocenters. The minimum atomic E-state index is -0.397. The highest BCUT2D eigenvalue weighted by Gasteiger charge is 2.31. The third kappa shape index (κ3) is 4.49. The van der Waals surface area contributed by atoms with Gasteiger partial charge in [-0.3, -0.25) is 9.59 Å². The summed E-state index contributed by atoms with van der Waals surface area (Å²) in [4.78, 5) is 39.6. The van der Waals surface area contributed by atoms with Gasteiger partial charge in [0.15, 0.2) is 0 Å². The summed E-state index contributed by atoms with van der Waals surface area (Å²) < 4.78 is 0. The summed E-state index contributed by atoms with van der Waals surface area (Å²) in [7, 11) is 0. The van der Waals surface area contributed by atoms with Crippen LogP contribution in [-0.2, 0) is 16.1 Å². The zero-order valence-electron chi connectivity index (χ0n) is 14.2. The van der Waals surface area contributed by atoms with E-state index in [4.69, 9.17) is 0 Å². The first-order valence-electron chi connectivity index (χ1n) is 8.78. The lowest BCUT2D eigenvalue weighted by Crippen LogP contribution is -2.46. The number of hydrogen-bond acceptors (Lipinski definition) is 3. The van der Waals surface area contributed by atoms with E-state index in [0.29, 0.717) is 45.6 Å². The minimum Gasteiger partial charge on any atom is -0.344 e. The van der Waals surface area contributed by atoms with E-state index in [1.807, 2.05) is 30.3 Å². The van der Waals surface area contributed by atoms with Gasteiger partial charge in [-0.05, 0) is 18.4 Å². The molecule has 4 amide bonds.